The third-order valence-corrected chi connectivity index (χ3v) is 7.09. The summed E-state index contributed by atoms with van der Waals surface area (Å²) in [6, 6.07) is 13.7. The molecule has 2 aromatic carbocycles. The zero-order valence-corrected chi connectivity index (χ0v) is 19.5. The van der Waals surface area contributed by atoms with Crippen molar-refractivity contribution in [2.45, 2.75) is 43.8 Å². The first kappa shape index (κ1) is 23.0. The van der Waals surface area contributed by atoms with Crippen molar-refractivity contribution in [3.63, 3.8) is 0 Å². The van der Waals surface area contributed by atoms with E-state index >= 15 is 0 Å². The molecule has 1 aliphatic rings. The minimum Gasteiger partial charge on any atom is -0.497 e. The Labute approximate surface area is 196 Å². The number of rotatable bonds is 8. The van der Waals surface area contributed by atoms with Gasteiger partial charge in [0.05, 0.1) is 17.8 Å². The molecule has 0 saturated heterocycles. The van der Waals surface area contributed by atoms with Gasteiger partial charge in [0, 0.05) is 29.3 Å². The molecule has 0 amide bonds. The zero-order valence-electron chi connectivity index (χ0n) is 18.6. The molecule has 4 rings (SSSR count). The summed E-state index contributed by atoms with van der Waals surface area (Å²) in [5.41, 5.74) is 1.37. The standard InChI is InChI=1S/C24H26N4O4S/c1-16-5-3-4-6-21(16)27-23(18-9-13-20(32-2)14-10-18)25-26-24(27)33-15-22(29)17-7-11-19(12-8-17)28(30)31/h7-14,16,21H,3-6,15H2,1-2H3/t16-,21-/m1/s1. The lowest BCUT2D eigenvalue weighted by molar-refractivity contribution is -0.384. The summed E-state index contributed by atoms with van der Waals surface area (Å²) in [5.74, 6) is 2.13. The summed E-state index contributed by atoms with van der Waals surface area (Å²) < 4.78 is 7.47. The van der Waals surface area contributed by atoms with Gasteiger partial charge in [0.2, 0.25) is 0 Å². The SMILES string of the molecule is COc1ccc(-c2nnc(SCC(=O)c3ccc([N+](=O)[O-])cc3)n2[C@@H]2CCCC[C@H]2C)cc1. The first-order chi connectivity index (χ1) is 16.0. The highest BCUT2D eigenvalue weighted by atomic mass is 32.2. The lowest BCUT2D eigenvalue weighted by Gasteiger charge is -2.31. The molecule has 1 aliphatic carbocycles. The first-order valence-corrected chi connectivity index (χ1v) is 12.0. The van der Waals surface area contributed by atoms with Crippen molar-refractivity contribution in [3.8, 4) is 17.1 Å². The number of hydrogen-bond donors (Lipinski definition) is 0. The van der Waals surface area contributed by atoms with Crippen LogP contribution in [0.2, 0.25) is 0 Å². The number of thioether (sulfide) groups is 1. The molecule has 3 aromatic rings. The molecule has 0 unspecified atom stereocenters. The molecule has 0 spiro atoms. The Morgan fingerprint density at radius 2 is 1.82 bits per heavy atom. The summed E-state index contributed by atoms with van der Waals surface area (Å²) in [7, 11) is 1.64. The normalized spacial score (nSPS) is 18.1. The van der Waals surface area contributed by atoms with Crippen LogP contribution in [0.3, 0.4) is 0 Å². The van der Waals surface area contributed by atoms with E-state index in [1.807, 2.05) is 24.3 Å². The van der Waals surface area contributed by atoms with Crippen LogP contribution in [-0.2, 0) is 0 Å². The number of Topliss-reactive ketones (excluding diaryl/α,β-unsaturated/α-hetero) is 1. The summed E-state index contributed by atoms with van der Waals surface area (Å²) in [6.45, 7) is 2.26. The van der Waals surface area contributed by atoms with E-state index in [1.54, 1.807) is 7.11 Å². The van der Waals surface area contributed by atoms with E-state index in [1.165, 1.54) is 42.4 Å². The molecule has 2 atom stereocenters. The smallest absolute Gasteiger partial charge is 0.269 e. The van der Waals surface area contributed by atoms with Crippen molar-refractivity contribution >= 4 is 23.2 Å². The highest BCUT2D eigenvalue weighted by Crippen LogP contribution is 2.39. The first-order valence-electron chi connectivity index (χ1n) is 11.0. The lowest BCUT2D eigenvalue weighted by Crippen LogP contribution is -2.22. The number of hydrogen-bond acceptors (Lipinski definition) is 7. The maximum atomic E-state index is 12.7. The maximum absolute atomic E-state index is 12.7. The molecule has 9 heteroatoms. The number of nitro groups is 1. The molecule has 0 bridgehead atoms. The van der Waals surface area contributed by atoms with Crippen molar-refractivity contribution in [3.05, 3.63) is 64.2 Å². The third kappa shape index (κ3) is 5.08. The molecule has 1 heterocycles. The van der Waals surface area contributed by atoms with E-state index in [-0.39, 0.29) is 23.3 Å². The number of ether oxygens (including phenoxy) is 1. The van der Waals surface area contributed by atoms with Crippen LogP contribution in [0.25, 0.3) is 11.4 Å². The third-order valence-electron chi connectivity index (χ3n) is 6.14. The Bertz CT molecular complexity index is 1130. The van der Waals surface area contributed by atoms with Crippen LogP contribution < -0.4 is 4.74 Å². The topological polar surface area (TPSA) is 100 Å². The molecule has 1 aromatic heterocycles. The summed E-state index contributed by atoms with van der Waals surface area (Å²) in [4.78, 5) is 23.1. The molecule has 0 radical (unpaired) electrons. The van der Waals surface area contributed by atoms with Gasteiger partial charge in [-0.05, 0) is 55.2 Å². The molecule has 33 heavy (non-hydrogen) atoms. The quantitative estimate of drug-likeness (QED) is 0.185. The number of carbonyl (C=O) groups excluding carboxylic acids is 1. The van der Waals surface area contributed by atoms with E-state index in [4.69, 9.17) is 4.74 Å². The van der Waals surface area contributed by atoms with Crippen LogP contribution in [0, 0.1) is 16.0 Å². The number of benzene rings is 2. The Hall–Kier alpha value is -3.20. The van der Waals surface area contributed by atoms with Gasteiger partial charge < -0.3 is 4.74 Å². The summed E-state index contributed by atoms with van der Waals surface area (Å²) in [6.07, 6.45) is 4.57. The van der Waals surface area contributed by atoms with Crippen molar-refractivity contribution in [2.24, 2.45) is 5.92 Å². The monoisotopic (exact) mass is 466 g/mol. The van der Waals surface area contributed by atoms with Crippen LogP contribution >= 0.6 is 11.8 Å². The lowest BCUT2D eigenvalue weighted by atomic mass is 9.85. The van der Waals surface area contributed by atoms with E-state index in [9.17, 15) is 14.9 Å². The van der Waals surface area contributed by atoms with Gasteiger partial charge in [-0.1, -0.05) is 31.5 Å². The Morgan fingerprint density at radius 3 is 2.45 bits per heavy atom. The Kier molecular flexibility index (Phi) is 7.08. The van der Waals surface area contributed by atoms with Gasteiger partial charge in [0.15, 0.2) is 16.8 Å². The molecule has 0 N–H and O–H groups in total. The van der Waals surface area contributed by atoms with Crippen LogP contribution in [0.1, 0.15) is 49.0 Å². The van der Waals surface area contributed by atoms with E-state index in [0.29, 0.717) is 11.5 Å². The molecular formula is C24H26N4O4S. The van der Waals surface area contributed by atoms with Crippen molar-refractivity contribution in [1.82, 2.24) is 14.8 Å². The Balaban J connectivity index is 1.59. The summed E-state index contributed by atoms with van der Waals surface area (Å²) in [5, 5.41) is 20.5. The maximum Gasteiger partial charge on any atom is 0.269 e. The second kappa shape index (κ2) is 10.2. The van der Waals surface area contributed by atoms with Crippen molar-refractivity contribution in [1.29, 1.82) is 0 Å². The molecule has 8 nitrogen and oxygen atoms in total. The molecule has 0 aliphatic heterocycles. The minimum absolute atomic E-state index is 0.0330. The largest absolute Gasteiger partial charge is 0.497 e. The van der Waals surface area contributed by atoms with Gasteiger partial charge in [0.1, 0.15) is 5.75 Å². The number of nitrogens with zero attached hydrogens (tertiary/aromatic N) is 4. The highest BCUT2D eigenvalue weighted by Gasteiger charge is 2.29. The minimum atomic E-state index is -0.475. The van der Waals surface area contributed by atoms with Crippen LogP contribution in [0.4, 0.5) is 5.69 Å². The fraction of sp³-hybridized carbons (Fsp3) is 0.375. The van der Waals surface area contributed by atoms with E-state index in [0.717, 1.165) is 41.6 Å². The van der Waals surface area contributed by atoms with Crippen molar-refractivity contribution < 1.29 is 14.5 Å². The molecular weight excluding hydrogens is 440 g/mol. The highest BCUT2D eigenvalue weighted by molar-refractivity contribution is 7.99. The fourth-order valence-electron chi connectivity index (χ4n) is 4.27. The number of aromatic nitrogens is 3. The van der Waals surface area contributed by atoms with E-state index < -0.39 is 4.92 Å². The molecule has 1 fully saturated rings. The van der Waals surface area contributed by atoms with Gasteiger partial charge in [-0.3, -0.25) is 19.5 Å². The van der Waals surface area contributed by atoms with Gasteiger partial charge in [-0.25, -0.2) is 0 Å². The van der Waals surface area contributed by atoms with Gasteiger partial charge in [-0.2, -0.15) is 0 Å². The predicted molar refractivity (Wildman–Crippen MR) is 127 cm³/mol. The average molecular weight is 467 g/mol. The van der Waals surface area contributed by atoms with E-state index in [2.05, 4.69) is 21.7 Å². The predicted octanol–water partition coefficient (Wildman–Crippen LogP) is 5.59. The average Bonchev–Trinajstić information content (AvgIpc) is 3.26. The second-order valence-electron chi connectivity index (χ2n) is 8.25. The number of ketones is 1. The van der Waals surface area contributed by atoms with Crippen molar-refractivity contribution in [2.75, 3.05) is 12.9 Å². The number of non-ortho nitro benzene ring substituents is 1. The zero-order chi connectivity index (χ0) is 23.4. The fourth-order valence-corrected chi connectivity index (χ4v) is 5.16. The van der Waals surface area contributed by atoms with Gasteiger partial charge >= 0.3 is 0 Å². The van der Waals surface area contributed by atoms with Crippen LogP contribution in [0.5, 0.6) is 5.75 Å². The van der Waals surface area contributed by atoms with Crippen LogP contribution in [-0.4, -0.2) is 38.3 Å². The summed E-state index contributed by atoms with van der Waals surface area (Å²) >= 11 is 1.36. The second-order valence-corrected chi connectivity index (χ2v) is 9.19. The number of carbonyl (C=O) groups is 1. The van der Waals surface area contributed by atoms with Crippen LogP contribution in [0.15, 0.2) is 53.7 Å². The Morgan fingerprint density at radius 1 is 1.12 bits per heavy atom. The molecule has 1 saturated carbocycles. The van der Waals surface area contributed by atoms with Gasteiger partial charge in [-0.15, -0.1) is 10.2 Å². The molecule has 172 valence electrons. The number of methoxy groups -OCH3 is 1. The number of nitro benzene ring substituents is 1. The van der Waals surface area contributed by atoms with Gasteiger partial charge in [0.25, 0.3) is 5.69 Å².